The highest BCUT2D eigenvalue weighted by Crippen LogP contribution is 2.07. The van der Waals surface area contributed by atoms with E-state index in [1.165, 1.54) is 44.5 Å². The molecule has 1 saturated heterocycles. The molecule has 0 amide bonds. The van der Waals surface area contributed by atoms with E-state index in [0.717, 1.165) is 18.7 Å². The fourth-order valence-corrected chi connectivity index (χ4v) is 2.43. The molecule has 1 aliphatic heterocycles. The molecule has 2 N–H and O–H groups in total. The summed E-state index contributed by atoms with van der Waals surface area (Å²) in [6.07, 6.45) is 3.99. The van der Waals surface area contributed by atoms with Crippen LogP contribution >= 0.6 is 0 Å². The summed E-state index contributed by atoms with van der Waals surface area (Å²) < 4.78 is 0. The van der Waals surface area contributed by atoms with E-state index in [0.29, 0.717) is 0 Å². The molecule has 3 nitrogen and oxygen atoms in total. The van der Waals surface area contributed by atoms with Crippen molar-refractivity contribution in [2.24, 2.45) is 0 Å². The van der Waals surface area contributed by atoms with E-state index >= 15 is 0 Å². The van der Waals surface area contributed by atoms with Crippen molar-refractivity contribution in [3.05, 3.63) is 35.4 Å². The molecule has 1 aromatic carbocycles. The van der Waals surface area contributed by atoms with Crippen molar-refractivity contribution in [3.63, 3.8) is 0 Å². The second kappa shape index (κ2) is 7.52. The first-order valence-electron chi connectivity index (χ1n) is 7.00. The van der Waals surface area contributed by atoms with Crippen molar-refractivity contribution in [2.75, 3.05) is 26.2 Å². The molecular weight excluding hydrogens is 224 g/mol. The van der Waals surface area contributed by atoms with E-state index in [-0.39, 0.29) is 6.61 Å². The van der Waals surface area contributed by atoms with Gasteiger partial charge < -0.3 is 15.3 Å². The van der Waals surface area contributed by atoms with Crippen LogP contribution in [0.4, 0.5) is 0 Å². The minimum absolute atomic E-state index is 0.129. The van der Waals surface area contributed by atoms with Gasteiger partial charge in [0.2, 0.25) is 0 Å². The monoisotopic (exact) mass is 248 g/mol. The number of likely N-dealkylation sites (tertiary alicyclic amines) is 1. The van der Waals surface area contributed by atoms with Gasteiger partial charge in [-0.05, 0) is 56.6 Å². The Bertz CT molecular complexity index is 331. The van der Waals surface area contributed by atoms with Gasteiger partial charge in [0.1, 0.15) is 0 Å². The molecule has 18 heavy (non-hydrogen) atoms. The number of rotatable bonds is 7. The van der Waals surface area contributed by atoms with Crippen molar-refractivity contribution in [3.8, 4) is 0 Å². The third kappa shape index (κ3) is 4.41. The average Bonchev–Trinajstić information content (AvgIpc) is 2.92. The Morgan fingerprint density at radius 1 is 1.06 bits per heavy atom. The first-order valence-corrected chi connectivity index (χ1v) is 7.00. The summed E-state index contributed by atoms with van der Waals surface area (Å²) in [6, 6.07) is 8.14. The molecule has 0 aromatic heterocycles. The highest BCUT2D eigenvalue weighted by molar-refractivity contribution is 5.21. The lowest BCUT2D eigenvalue weighted by Gasteiger charge is -2.14. The van der Waals surface area contributed by atoms with Crippen molar-refractivity contribution in [2.45, 2.75) is 32.4 Å². The third-order valence-electron chi connectivity index (χ3n) is 3.56. The van der Waals surface area contributed by atoms with Crippen molar-refractivity contribution < 1.29 is 5.11 Å². The van der Waals surface area contributed by atoms with Gasteiger partial charge in [-0.25, -0.2) is 0 Å². The molecule has 0 atom stereocenters. The van der Waals surface area contributed by atoms with E-state index < -0.39 is 0 Å². The Morgan fingerprint density at radius 2 is 1.72 bits per heavy atom. The van der Waals surface area contributed by atoms with E-state index in [1.54, 1.807) is 0 Å². The quantitative estimate of drug-likeness (QED) is 0.722. The lowest BCUT2D eigenvalue weighted by molar-refractivity contribution is 0.282. The summed E-state index contributed by atoms with van der Waals surface area (Å²) in [4.78, 5) is 2.55. The number of aliphatic hydroxyl groups is 1. The van der Waals surface area contributed by atoms with E-state index in [4.69, 9.17) is 5.11 Å². The number of benzene rings is 1. The van der Waals surface area contributed by atoms with Crippen molar-refractivity contribution in [1.29, 1.82) is 0 Å². The molecule has 1 aliphatic rings. The zero-order valence-electron chi connectivity index (χ0n) is 11.1. The van der Waals surface area contributed by atoms with Crippen LogP contribution in [-0.2, 0) is 13.2 Å². The SMILES string of the molecule is OCc1ccc(CNCCCN2CCCC2)cc1. The highest BCUT2D eigenvalue weighted by atomic mass is 16.3. The van der Waals surface area contributed by atoms with Crippen LogP contribution in [0.2, 0.25) is 0 Å². The average molecular weight is 248 g/mol. The van der Waals surface area contributed by atoms with Crippen LogP contribution in [0.3, 0.4) is 0 Å². The second-order valence-corrected chi connectivity index (χ2v) is 5.05. The Hall–Kier alpha value is -0.900. The van der Waals surface area contributed by atoms with Crippen LogP contribution in [0.5, 0.6) is 0 Å². The number of aliphatic hydroxyl groups excluding tert-OH is 1. The van der Waals surface area contributed by atoms with E-state index in [2.05, 4.69) is 22.3 Å². The van der Waals surface area contributed by atoms with Crippen LogP contribution < -0.4 is 5.32 Å². The lowest BCUT2D eigenvalue weighted by atomic mass is 10.1. The van der Waals surface area contributed by atoms with Crippen LogP contribution in [0.15, 0.2) is 24.3 Å². The predicted molar refractivity (Wildman–Crippen MR) is 74.4 cm³/mol. The summed E-state index contributed by atoms with van der Waals surface area (Å²) in [5.41, 5.74) is 2.26. The smallest absolute Gasteiger partial charge is 0.0681 e. The summed E-state index contributed by atoms with van der Waals surface area (Å²) in [5, 5.41) is 12.4. The first kappa shape index (κ1) is 13.5. The van der Waals surface area contributed by atoms with Crippen molar-refractivity contribution >= 4 is 0 Å². The minimum atomic E-state index is 0.129. The van der Waals surface area contributed by atoms with Gasteiger partial charge in [0.05, 0.1) is 6.61 Å². The highest BCUT2D eigenvalue weighted by Gasteiger charge is 2.09. The fraction of sp³-hybridized carbons (Fsp3) is 0.600. The molecule has 1 aromatic rings. The maximum Gasteiger partial charge on any atom is 0.0681 e. The van der Waals surface area contributed by atoms with Crippen LogP contribution in [0, 0.1) is 0 Å². The zero-order chi connectivity index (χ0) is 12.6. The summed E-state index contributed by atoms with van der Waals surface area (Å²) in [7, 11) is 0. The predicted octanol–water partition coefficient (Wildman–Crippen LogP) is 1.75. The van der Waals surface area contributed by atoms with Gasteiger partial charge in [-0.2, -0.15) is 0 Å². The maximum atomic E-state index is 8.96. The van der Waals surface area contributed by atoms with Crippen LogP contribution in [0.1, 0.15) is 30.4 Å². The van der Waals surface area contributed by atoms with Gasteiger partial charge in [0, 0.05) is 6.54 Å². The molecule has 0 bridgehead atoms. The first-order chi connectivity index (χ1) is 8.88. The Balaban J connectivity index is 1.56. The Kier molecular flexibility index (Phi) is 5.65. The molecule has 0 unspecified atom stereocenters. The van der Waals surface area contributed by atoms with Gasteiger partial charge in [-0.3, -0.25) is 0 Å². The fourth-order valence-electron chi connectivity index (χ4n) is 2.43. The van der Waals surface area contributed by atoms with Gasteiger partial charge in [0.15, 0.2) is 0 Å². The number of nitrogens with one attached hydrogen (secondary N) is 1. The Labute approximate surface area is 110 Å². The second-order valence-electron chi connectivity index (χ2n) is 5.05. The summed E-state index contributed by atoms with van der Waals surface area (Å²) in [6.45, 7) is 5.95. The molecule has 0 saturated carbocycles. The zero-order valence-corrected chi connectivity index (χ0v) is 11.1. The topological polar surface area (TPSA) is 35.5 Å². The van der Waals surface area contributed by atoms with Gasteiger partial charge in [-0.15, -0.1) is 0 Å². The molecule has 0 aliphatic carbocycles. The largest absolute Gasteiger partial charge is 0.392 e. The Morgan fingerprint density at radius 3 is 2.39 bits per heavy atom. The van der Waals surface area contributed by atoms with E-state index in [1.807, 2.05) is 12.1 Å². The maximum absolute atomic E-state index is 8.96. The van der Waals surface area contributed by atoms with Crippen molar-refractivity contribution in [1.82, 2.24) is 10.2 Å². The lowest BCUT2D eigenvalue weighted by Crippen LogP contribution is -2.24. The summed E-state index contributed by atoms with van der Waals surface area (Å²) in [5.74, 6) is 0. The number of hydrogen-bond acceptors (Lipinski definition) is 3. The molecular formula is C15H24N2O. The molecule has 3 heteroatoms. The van der Waals surface area contributed by atoms with Crippen LogP contribution in [0.25, 0.3) is 0 Å². The minimum Gasteiger partial charge on any atom is -0.392 e. The van der Waals surface area contributed by atoms with Crippen LogP contribution in [-0.4, -0.2) is 36.2 Å². The van der Waals surface area contributed by atoms with Gasteiger partial charge >= 0.3 is 0 Å². The standard InChI is InChI=1S/C15H24N2O/c18-13-15-6-4-14(5-7-15)12-16-8-3-11-17-9-1-2-10-17/h4-7,16,18H,1-3,8-13H2. The summed E-state index contributed by atoms with van der Waals surface area (Å²) >= 11 is 0. The third-order valence-corrected chi connectivity index (χ3v) is 3.56. The number of hydrogen-bond donors (Lipinski definition) is 2. The normalized spacial score (nSPS) is 16.3. The number of nitrogens with zero attached hydrogens (tertiary/aromatic N) is 1. The van der Waals surface area contributed by atoms with Gasteiger partial charge in [-0.1, -0.05) is 24.3 Å². The van der Waals surface area contributed by atoms with E-state index in [9.17, 15) is 0 Å². The molecule has 0 radical (unpaired) electrons. The molecule has 100 valence electrons. The molecule has 2 rings (SSSR count). The molecule has 1 heterocycles. The molecule has 0 spiro atoms. The molecule has 1 fully saturated rings. The van der Waals surface area contributed by atoms with Gasteiger partial charge in [0.25, 0.3) is 0 Å².